The third kappa shape index (κ3) is 5.85. The van der Waals surface area contributed by atoms with Crippen molar-refractivity contribution in [3.8, 4) is 0 Å². The third-order valence-corrected chi connectivity index (χ3v) is 12.1. The Labute approximate surface area is 305 Å². The zero-order chi connectivity index (χ0) is 38.7. The fourth-order valence-corrected chi connectivity index (χ4v) is 9.16. The van der Waals surface area contributed by atoms with Gasteiger partial charge in [-0.25, -0.2) is 9.59 Å². The van der Waals surface area contributed by atoms with E-state index in [2.05, 4.69) is 10.7 Å². The fraction of sp³-hybridized carbons (Fsp3) is 0.526. The number of ketones is 1. The highest BCUT2D eigenvalue weighted by molar-refractivity contribution is 5.94. The summed E-state index contributed by atoms with van der Waals surface area (Å²) in [5, 5.41) is 50.9. The molecule has 0 radical (unpaired) electrons. The minimum atomic E-state index is -2.33. The van der Waals surface area contributed by atoms with E-state index in [1.165, 1.54) is 26.0 Å². The highest BCUT2D eigenvalue weighted by atomic mass is 16.6. The highest BCUT2D eigenvalue weighted by Crippen LogP contribution is 2.64. The first-order valence-electron chi connectivity index (χ1n) is 17.4. The van der Waals surface area contributed by atoms with Crippen LogP contribution >= 0.6 is 0 Å². The van der Waals surface area contributed by atoms with Crippen LogP contribution < -0.4 is 5.43 Å². The van der Waals surface area contributed by atoms with E-state index in [9.17, 15) is 44.5 Å². The van der Waals surface area contributed by atoms with Crippen LogP contribution in [-0.2, 0) is 33.3 Å². The molecule has 2 saturated carbocycles. The van der Waals surface area contributed by atoms with Crippen molar-refractivity contribution < 1.29 is 58.6 Å². The van der Waals surface area contributed by atoms with E-state index in [0.717, 1.165) is 6.92 Å². The number of aliphatic hydroxyl groups excluding tert-OH is 3. The number of Topliss-reactive ketones (excluding diaryl/α,β-unsaturated/α-hetero) is 1. The summed E-state index contributed by atoms with van der Waals surface area (Å²) in [7, 11) is 0. The molecule has 11 atom stereocenters. The lowest BCUT2D eigenvalue weighted by Crippen LogP contribution is -2.81. The Morgan fingerprint density at radius 3 is 2.19 bits per heavy atom. The average Bonchev–Trinajstić information content (AvgIpc) is 3.12. The number of hydrogen-bond donors (Lipinski definition) is 5. The molecule has 0 unspecified atom stereocenters. The van der Waals surface area contributed by atoms with E-state index >= 15 is 0 Å². The van der Waals surface area contributed by atoms with Gasteiger partial charge in [-0.05, 0) is 42.7 Å². The predicted octanol–water partition coefficient (Wildman–Crippen LogP) is 2.01. The molecular weight excluding hydrogens is 692 g/mol. The number of aliphatic hydroxyl groups is 4. The van der Waals surface area contributed by atoms with Crippen molar-refractivity contribution in [3.63, 3.8) is 0 Å². The van der Waals surface area contributed by atoms with Crippen LogP contribution in [0.3, 0.4) is 0 Å². The Bertz CT molecular complexity index is 1820. The van der Waals surface area contributed by atoms with Gasteiger partial charge in [-0.3, -0.25) is 15.0 Å². The third-order valence-electron chi connectivity index (χ3n) is 12.1. The molecule has 5 N–H and O–H groups in total. The highest BCUT2D eigenvalue weighted by Gasteiger charge is 2.78. The summed E-state index contributed by atoms with van der Waals surface area (Å²) in [5.41, 5.74) is -4.96. The van der Waals surface area contributed by atoms with E-state index < -0.39 is 101 Å². The molecule has 15 heteroatoms. The second kappa shape index (κ2) is 13.7. The number of hydrogen-bond acceptors (Lipinski definition) is 14. The van der Waals surface area contributed by atoms with Gasteiger partial charge in [0.05, 0.1) is 34.9 Å². The summed E-state index contributed by atoms with van der Waals surface area (Å²) in [6, 6.07) is 14.5. The van der Waals surface area contributed by atoms with E-state index in [1.54, 1.807) is 62.4 Å². The second-order valence-electron chi connectivity index (χ2n) is 15.1. The lowest BCUT2D eigenvalue weighted by molar-refractivity contribution is -0.346. The van der Waals surface area contributed by atoms with Crippen molar-refractivity contribution in [3.05, 3.63) is 87.8 Å². The molecule has 15 nitrogen and oxygen atoms in total. The Hall–Kier alpha value is -4.54. The molecule has 1 heterocycles. The summed E-state index contributed by atoms with van der Waals surface area (Å²) in [6.45, 7) is 6.83. The largest absolute Gasteiger partial charge is 0.456 e. The van der Waals surface area contributed by atoms with Crippen LogP contribution in [0.25, 0.3) is 0 Å². The molecule has 1 saturated heterocycles. The number of nitrogens with zero attached hydrogens (tertiary/aromatic N) is 1. The normalized spacial score (nSPS) is 35.5. The van der Waals surface area contributed by atoms with E-state index in [-0.39, 0.29) is 29.7 Å². The molecular formula is C38H44N2O13. The number of carbonyl (C=O) groups is 4. The molecule has 2 aromatic carbocycles. The van der Waals surface area contributed by atoms with Crippen LogP contribution in [0, 0.1) is 21.7 Å². The van der Waals surface area contributed by atoms with Gasteiger partial charge in [0, 0.05) is 25.2 Å². The molecule has 1 aliphatic heterocycles. The van der Waals surface area contributed by atoms with Crippen LogP contribution in [0.4, 0.5) is 0 Å². The first-order valence-corrected chi connectivity index (χ1v) is 17.4. The van der Waals surface area contributed by atoms with Crippen LogP contribution in [-0.4, -0.2) is 98.6 Å². The topological polar surface area (TPSA) is 228 Å². The number of fused-ring (bicyclic) bond motifs is 5. The molecule has 0 aromatic heterocycles. The first kappa shape index (κ1) is 38.2. The van der Waals surface area contributed by atoms with Crippen LogP contribution in [0.5, 0.6) is 0 Å². The number of carbonyl (C=O) groups excluding carboxylic acids is 4. The molecule has 0 spiro atoms. The van der Waals surface area contributed by atoms with Gasteiger partial charge in [-0.2, -0.15) is 0 Å². The van der Waals surface area contributed by atoms with E-state index in [4.69, 9.17) is 18.9 Å². The van der Waals surface area contributed by atoms with Gasteiger partial charge in [0.15, 0.2) is 17.5 Å². The lowest BCUT2D eigenvalue weighted by Gasteiger charge is -2.67. The number of rotatable bonds is 9. The standard InChI is InChI=1S/C38H44N2O13/c1-19-23(51-34(47)29(44)27(39-40-49)21-12-8-6-9-13-21)17-38(48)32(52-33(46)22-14-10-7-11-15-22)30-36(5,31(45)28(43)26(19)35(38,3)4)24(42)16-25-37(30,18-50-25)53-20(2)41/h6-15,23-25,27-30,32,42-44,48H,16-18H2,1-5H3,(H,39,49)/t23-,24-,25+,27-,28+,29+,30-,32-,36+,37-,38+/m0/s1. The number of nitrogens with one attached hydrogen (secondary N) is 1. The molecule has 284 valence electrons. The minimum Gasteiger partial charge on any atom is -0.456 e. The van der Waals surface area contributed by atoms with Crippen molar-refractivity contribution in [1.82, 2.24) is 5.43 Å². The molecule has 3 aliphatic carbocycles. The molecule has 0 amide bonds. The monoisotopic (exact) mass is 736 g/mol. The number of benzene rings is 2. The van der Waals surface area contributed by atoms with Crippen molar-refractivity contribution in [2.24, 2.45) is 22.0 Å². The van der Waals surface area contributed by atoms with Crippen LogP contribution in [0.1, 0.15) is 69.4 Å². The van der Waals surface area contributed by atoms with Gasteiger partial charge in [0.1, 0.15) is 36.1 Å². The van der Waals surface area contributed by atoms with Crippen molar-refractivity contribution >= 4 is 23.7 Å². The smallest absolute Gasteiger partial charge is 0.338 e. The second-order valence-corrected chi connectivity index (χ2v) is 15.1. The lowest BCUT2D eigenvalue weighted by atomic mass is 9.44. The number of esters is 3. The van der Waals surface area contributed by atoms with Crippen molar-refractivity contribution in [2.45, 2.75) is 101 Å². The maximum atomic E-state index is 14.8. The summed E-state index contributed by atoms with van der Waals surface area (Å²) in [5.74, 6) is -5.33. The van der Waals surface area contributed by atoms with E-state index in [1.807, 2.05) is 0 Å². The Morgan fingerprint density at radius 2 is 1.62 bits per heavy atom. The fourth-order valence-electron chi connectivity index (χ4n) is 9.16. The Morgan fingerprint density at radius 1 is 1.00 bits per heavy atom. The molecule has 4 aliphatic rings. The Balaban J connectivity index is 1.52. The summed E-state index contributed by atoms with van der Waals surface area (Å²) in [6.07, 6.45) is -10.4. The van der Waals surface area contributed by atoms with Gasteiger partial charge in [-0.1, -0.05) is 62.4 Å². The zero-order valence-corrected chi connectivity index (χ0v) is 29.9. The molecule has 3 fully saturated rings. The van der Waals surface area contributed by atoms with Crippen LogP contribution in [0.2, 0.25) is 0 Å². The number of ether oxygens (including phenoxy) is 4. The maximum Gasteiger partial charge on any atom is 0.338 e. The van der Waals surface area contributed by atoms with Gasteiger partial charge in [0.25, 0.3) is 0 Å². The zero-order valence-electron chi connectivity index (χ0n) is 29.9. The van der Waals surface area contributed by atoms with Crippen molar-refractivity contribution in [1.29, 1.82) is 0 Å². The quantitative estimate of drug-likeness (QED) is 0.0816. The first-order chi connectivity index (χ1) is 25.0. The molecule has 2 bridgehead atoms. The summed E-state index contributed by atoms with van der Waals surface area (Å²) < 4.78 is 23.9. The molecule has 2 aromatic rings. The SMILES string of the molecule is CC(=O)O[C@@]12CO[C@@H]1C[C@H](O)[C@@]1(C)C(=O)[C@H](O)C3=C(C)[C@@H](OC(=O)[C@H](O)[C@@H](NN=O)c4ccccc4)C[C@@](O)([C@@H](OC(=O)c4ccccc4)[C@H]21)C3(C)C. The summed E-state index contributed by atoms with van der Waals surface area (Å²) >= 11 is 0. The predicted molar refractivity (Wildman–Crippen MR) is 183 cm³/mol. The molecule has 6 rings (SSSR count). The van der Waals surface area contributed by atoms with Gasteiger partial charge in [-0.15, -0.1) is 4.91 Å². The van der Waals surface area contributed by atoms with Gasteiger partial charge >= 0.3 is 17.9 Å². The number of nitroso groups, excluding NO2 is 1. The summed E-state index contributed by atoms with van der Waals surface area (Å²) in [4.78, 5) is 66.5. The van der Waals surface area contributed by atoms with Crippen LogP contribution in [0.15, 0.2) is 77.1 Å². The maximum absolute atomic E-state index is 14.8. The van der Waals surface area contributed by atoms with Crippen molar-refractivity contribution in [2.75, 3.05) is 6.61 Å². The molecule has 53 heavy (non-hydrogen) atoms. The van der Waals surface area contributed by atoms with Gasteiger partial charge in [0.2, 0.25) is 0 Å². The van der Waals surface area contributed by atoms with E-state index in [0.29, 0.717) is 5.56 Å². The Kier molecular flexibility index (Phi) is 9.88. The minimum absolute atomic E-state index is 0.0583. The average molecular weight is 737 g/mol. The van der Waals surface area contributed by atoms with Gasteiger partial charge < -0.3 is 39.4 Å².